The zero-order valence-electron chi connectivity index (χ0n) is 11.5. The van der Waals surface area contributed by atoms with E-state index in [1.165, 1.54) is 25.7 Å². The molecule has 0 aliphatic heterocycles. The Morgan fingerprint density at radius 3 is 2.24 bits per heavy atom. The number of nitrogens with one attached hydrogen (secondary N) is 1. The van der Waals surface area contributed by atoms with Gasteiger partial charge in [0.2, 0.25) is 5.91 Å². The molecule has 98 valence electrons. The minimum Gasteiger partial charge on any atom is -0.353 e. The Bertz CT molecular complexity index is 317. The molecule has 3 atom stereocenters. The fourth-order valence-electron chi connectivity index (χ4n) is 3.06. The second-order valence-corrected chi connectivity index (χ2v) is 7.10. The first-order valence-corrected chi connectivity index (χ1v) is 6.81. The van der Waals surface area contributed by atoms with Crippen molar-refractivity contribution in [2.24, 2.45) is 23.0 Å². The first-order valence-electron chi connectivity index (χ1n) is 6.81. The summed E-state index contributed by atoms with van der Waals surface area (Å²) in [4.78, 5) is 12.4. The summed E-state index contributed by atoms with van der Waals surface area (Å²) >= 11 is 0. The van der Waals surface area contributed by atoms with Crippen LogP contribution in [-0.4, -0.2) is 17.5 Å². The minimum atomic E-state index is -0.519. The fraction of sp³-hybridized carbons (Fsp3) is 0.929. The molecular weight excluding hydrogens is 212 g/mol. The third kappa shape index (κ3) is 2.22. The Morgan fingerprint density at radius 2 is 1.82 bits per heavy atom. The maximum absolute atomic E-state index is 12.4. The van der Waals surface area contributed by atoms with Gasteiger partial charge in [-0.25, -0.2) is 0 Å². The predicted octanol–water partition coefficient (Wildman–Crippen LogP) is 2.05. The van der Waals surface area contributed by atoms with Gasteiger partial charge in [-0.2, -0.15) is 0 Å². The van der Waals surface area contributed by atoms with E-state index in [1.54, 1.807) is 0 Å². The number of carbonyl (C=O) groups excluding carboxylic acids is 1. The fourth-order valence-corrected chi connectivity index (χ4v) is 3.06. The zero-order chi connectivity index (χ0) is 12.8. The van der Waals surface area contributed by atoms with Crippen molar-refractivity contribution in [2.75, 3.05) is 0 Å². The van der Waals surface area contributed by atoms with Crippen molar-refractivity contribution in [2.45, 2.75) is 65.0 Å². The summed E-state index contributed by atoms with van der Waals surface area (Å²) in [5.41, 5.74) is 5.09. The van der Waals surface area contributed by atoms with Gasteiger partial charge in [-0.3, -0.25) is 4.79 Å². The van der Waals surface area contributed by atoms with Crippen molar-refractivity contribution in [1.82, 2.24) is 5.32 Å². The number of hydrogen-bond donors (Lipinski definition) is 2. The van der Waals surface area contributed by atoms with Gasteiger partial charge in [0.25, 0.3) is 0 Å². The molecule has 2 fully saturated rings. The number of hydrogen-bond acceptors (Lipinski definition) is 2. The Balaban J connectivity index is 1.98. The third-order valence-electron chi connectivity index (χ3n) is 5.23. The van der Waals surface area contributed by atoms with Crippen molar-refractivity contribution in [3.05, 3.63) is 0 Å². The molecule has 2 saturated carbocycles. The van der Waals surface area contributed by atoms with Crippen molar-refractivity contribution < 1.29 is 4.79 Å². The van der Waals surface area contributed by atoms with Crippen LogP contribution in [0.25, 0.3) is 0 Å². The van der Waals surface area contributed by atoms with E-state index >= 15 is 0 Å². The smallest absolute Gasteiger partial charge is 0.227 e. The molecule has 3 nitrogen and oxygen atoms in total. The van der Waals surface area contributed by atoms with Crippen LogP contribution in [0.4, 0.5) is 0 Å². The highest BCUT2D eigenvalue weighted by atomic mass is 16.2. The summed E-state index contributed by atoms with van der Waals surface area (Å²) in [6, 6.07) is 0.405. The van der Waals surface area contributed by atoms with Crippen LogP contribution < -0.4 is 11.1 Å². The number of fused-ring (bicyclic) bond motifs is 2. The maximum atomic E-state index is 12.4. The second kappa shape index (κ2) is 3.98. The van der Waals surface area contributed by atoms with Crippen LogP contribution in [0, 0.1) is 17.3 Å². The van der Waals surface area contributed by atoms with Gasteiger partial charge in [0.1, 0.15) is 0 Å². The normalized spacial score (nSPS) is 32.9. The van der Waals surface area contributed by atoms with E-state index < -0.39 is 11.0 Å². The van der Waals surface area contributed by atoms with Crippen molar-refractivity contribution >= 4 is 5.91 Å². The average Bonchev–Trinajstić information content (AvgIpc) is 2.76. The predicted molar refractivity (Wildman–Crippen MR) is 69.4 cm³/mol. The van der Waals surface area contributed by atoms with E-state index in [4.69, 9.17) is 5.73 Å². The summed E-state index contributed by atoms with van der Waals surface area (Å²) in [6.45, 7) is 7.73. The molecule has 0 aromatic rings. The minimum absolute atomic E-state index is 0.113. The molecule has 0 spiro atoms. The molecule has 0 aromatic heterocycles. The highest BCUT2D eigenvalue weighted by molar-refractivity contribution is 5.83. The Kier molecular flexibility index (Phi) is 3.01. The number of nitrogens with two attached hydrogens (primary N) is 1. The van der Waals surface area contributed by atoms with Crippen LogP contribution >= 0.6 is 0 Å². The lowest BCUT2D eigenvalue weighted by Gasteiger charge is -2.38. The van der Waals surface area contributed by atoms with Gasteiger partial charge in [0.15, 0.2) is 0 Å². The zero-order valence-corrected chi connectivity index (χ0v) is 11.5. The largest absolute Gasteiger partial charge is 0.353 e. The molecule has 1 amide bonds. The summed E-state index contributed by atoms with van der Waals surface area (Å²) in [6.07, 6.45) is 5.15. The van der Waals surface area contributed by atoms with Gasteiger partial charge in [0, 0.05) is 11.6 Å². The number of rotatable bonds is 3. The van der Waals surface area contributed by atoms with Gasteiger partial charge in [-0.1, -0.05) is 6.42 Å². The average molecular weight is 238 g/mol. The third-order valence-corrected chi connectivity index (χ3v) is 5.23. The molecule has 2 aliphatic carbocycles. The van der Waals surface area contributed by atoms with E-state index in [0.717, 1.165) is 11.8 Å². The molecule has 0 radical (unpaired) electrons. The van der Waals surface area contributed by atoms with Crippen molar-refractivity contribution in [1.29, 1.82) is 0 Å². The summed E-state index contributed by atoms with van der Waals surface area (Å²) in [7, 11) is 0. The van der Waals surface area contributed by atoms with E-state index in [-0.39, 0.29) is 5.91 Å². The van der Waals surface area contributed by atoms with Gasteiger partial charge in [-0.15, -0.1) is 0 Å². The first kappa shape index (κ1) is 12.9. The van der Waals surface area contributed by atoms with Gasteiger partial charge >= 0.3 is 0 Å². The Labute approximate surface area is 105 Å². The highest BCUT2D eigenvalue weighted by Crippen LogP contribution is 2.44. The molecule has 2 bridgehead atoms. The molecule has 0 heterocycles. The highest BCUT2D eigenvalue weighted by Gasteiger charge is 2.45. The summed E-state index contributed by atoms with van der Waals surface area (Å²) in [5.74, 6) is 1.70. The van der Waals surface area contributed by atoms with Crippen LogP contribution in [0.2, 0.25) is 0 Å². The lowest BCUT2D eigenvalue weighted by Crippen LogP contribution is -2.57. The van der Waals surface area contributed by atoms with E-state index in [2.05, 4.69) is 5.32 Å². The molecule has 2 rings (SSSR count). The lowest BCUT2D eigenvalue weighted by molar-refractivity contribution is -0.133. The van der Waals surface area contributed by atoms with Gasteiger partial charge in [-0.05, 0) is 58.8 Å². The molecule has 3 heteroatoms. The SMILES string of the molecule is CC(C)(N)C(C)(C)C(=O)NC1CC2CCC1C2. The standard InChI is InChI=1S/C14H26N2O/c1-13(2,14(3,4)15)12(17)16-11-8-9-5-6-10(11)7-9/h9-11H,5-8,15H2,1-4H3,(H,16,17). The molecule has 0 aromatic carbocycles. The molecule has 0 saturated heterocycles. The maximum Gasteiger partial charge on any atom is 0.227 e. The summed E-state index contributed by atoms with van der Waals surface area (Å²) < 4.78 is 0. The number of amides is 1. The van der Waals surface area contributed by atoms with E-state index in [0.29, 0.717) is 6.04 Å². The molecule has 17 heavy (non-hydrogen) atoms. The number of carbonyl (C=O) groups is 1. The topological polar surface area (TPSA) is 55.1 Å². The van der Waals surface area contributed by atoms with Crippen LogP contribution in [0.15, 0.2) is 0 Å². The molecule has 2 aliphatic rings. The monoisotopic (exact) mass is 238 g/mol. The van der Waals surface area contributed by atoms with Crippen molar-refractivity contribution in [3.8, 4) is 0 Å². The van der Waals surface area contributed by atoms with Crippen LogP contribution in [0.3, 0.4) is 0 Å². The van der Waals surface area contributed by atoms with E-state index in [1.807, 2.05) is 27.7 Å². The van der Waals surface area contributed by atoms with Crippen molar-refractivity contribution in [3.63, 3.8) is 0 Å². The Hall–Kier alpha value is -0.570. The second-order valence-electron chi connectivity index (χ2n) is 7.10. The quantitative estimate of drug-likeness (QED) is 0.790. The van der Waals surface area contributed by atoms with Gasteiger partial charge in [0.05, 0.1) is 5.41 Å². The van der Waals surface area contributed by atoms with Crippen LogP contribution in [-0.2, 0) is 4.79 Å². The van der Waals surface area contributed by atoms with E-state index in [9.17, 15) is 4.79 Å². The molecule has 3 N–H and O–H groups in total. The summed E-state index contributed by atoms with van der Waals surface area (Å²) in [5, 5.41) is 3.24. The molecule has 3 unspecified atom stereocenters. The lowest BCUT2D eigenvalue weighted by atomic mass is 9.74. The Morgan fingerprint density at radius 1 is 1.18 bits per heavy atom. The first-order chi connectivity index (χ1) is 7.72. The van der Waals surface area contributed by atoms with Crippen LogP contribution in [0.5, 0.6) is 0 Å². The van der Waals surface area contributed by atoms with Crippen LogP contribution in [0.1, 0.15) is 53.4 Å². The molecular formula is C14H26N2O. The van der Waals surface area contributed by atoms with Gasteiger partial charge < -0.3 is 11.1 Å².